The van der Waals surface area contributed by atoms with E-state index in [1.165, 1.54) is 36.4 Å². The third kappa shape index (κ3) is 11.6. The van der Waals surface area contributed by atoms with Crippen molar-refractivity contribution in [1.29, 1.82) is 0 Å². The minimum absolute atomic E-state index is 0. The molecule has 11 nitrogen and oxygen atoms in total. The molecule has 0 fully saturated rings. The first-order valence-electron chi connectivity index (χ1n) is 16.0. The molecule has 0 radical (unpaired) electrons. The summed E-state index contributed by atoms with van der Waals surface area (Å²) in [6.07, 6.45) is 7.67. The van der Waals surface area contributed by atoms with E-state index >= 15 is 0 Å². The Bertz CT molecular complexity index is 2330. The van der Waals surface area contributed by atoms with Crippen LogP contribution in [0.3, 0.4) is 0 Å². The van der Waals surface area contributed by atoms with Gasteiger partial charge in [0.05, 0.1) is 9.79 Å². The van der Waals surface area contributed by atoms with Gasteiger partial charge in [0.25, 0.3) is 30.4 Å². The summed E-state index contributed by atoms with van der Waals surface area (Å²) in [5.41, 5.74) is 4.43. The third-order valence-electron chi connectivity index (χ3n) is 8.55. The Kier molecular flexibility index (Phi) is 16.1. The molecule has 4 aromatic carbocycles. The van der Waals surface area contributed by atoms with Crippen LogP contribution in [0.25, 0.3) is 5.57 Å². The van der Waals surface area contributed by atoms with Gasteiger partial charge in [-0.25, -0.2) is 0 Å². The average Bonchev–Trinajstić information content (AvgIpc) is 3.10. The molecule has 0 bridgehead atoms. The molecule has 0 saturated heterocycles. The van der Waals surface area contributed by atoms with Crippen LogP contribution in [-0.4, -0.2) is 122 Å². The van der Waals surface area contributed by atoms with Crippen molar-refractivity contribution in [3.63, 3.8) is 0 Å². The fraction of sp³-hybridized carbons (Fsp3) is 0.189. The van der Waals surface area contributed by atoms with Gasteiger partial charge in [0, 0.05) is 36.9 Å². The number of benzene rings is 4. The second-order valence-corrected chi connectivity index (χ2v) is 16.1. The fourth-order valence-corrected chi connectivity index (χ4v) is 7.83. The van der Waals surface area contributed by atoms with Gasteiger partial charge in [-0.3, -0.25) is 18.6 Å². The van der Waals surface area contributed by atoms with E-state index in [1.807, 2.05) is 67.3 Å². The predicted molar refractivity (Wildman–Crippen MR) is 210 cm³/mol. The van der Waals surface area contributed by atoms with Gasteiger partial charge >= 0.3 is 59.1 Å². The quantitative estimate of drug-likeness (QED) is 0.123. The number of rotatable bonds is 13. The molecular formula is C37H40N2Na2O9S3. The molecule has 1 aliphatic carbocycles. The molecule has 5 rings (SSSR count). The van der Waals surface area contributed by atoms with Crippen molar-refractivity contribution >= 4 is 101 Å². The number of hydrogen-bond acceptors (Lipinski definition) is 8. The second kappa shape index (κ2) is 19.0. The van der Waals surface area contributed by atoms with Gasteiger partial charge < -0.3 is 4.90 Å². The molecule has 3 N–H and O–H groups in total. The summed E-state index contributed by atoms with van der Waals surface area (Å²) in [5.74, 6) is 0. The molecule has 0 saturated carbocycles. The second-order valence-electron chi connectivity index (χ2n) is 11.9. The SMILES string of the molecule is CCN(Cc1cccc(S(=O)(=O)O)c1)c1ccc(C(=C2C=CC(N(CC)Cc3cccc(S(=O)(=O)O)c3)C=C2)c2ccccc2S(=O)(=O)O)cc1.[NaH].[NaH]. The van der Waals surface area contributed by atoms with Gasteiger partial charge in [0.1, 0.15) is 4.90 Å². The molecule has 0 atom stereocenters. The molecule has 0 aliphatic heterocycles. The minimum atomic E-state index is -4.60. The van der Waals surface area contributed by atoms with E-state index in [1.54, 1.807) is 36.4 Å². The van der Waals surface area contributed by atoms with Crippen molar-refractivity contribution in [3.8, 4) is 0 Å². The van der Waals surface area contributed by atoms with E-state index in [0.29, 0.717) is 59.6 Å². The van der Waals surface area contributed by atoms with Crippen LogP contribution in [0.2, 0.25) is 0 Å². The number of anilines is 1. The van der Waals surface area contributed by atoms with Crippen LogP contribution in [0.15, 0.2) is 142 Å². The topological polar surface area (TPSA) is 170 Å². The monoisotopic (exact) mass is 798 g/mol. The Balaban J connectivity index is 0.00000378. The van der Waals surface area contributed by atoms with E-state index in [2.05, 4.69) is 4.90 Å². The summed E-state index contributed by atoms with van der Waals surface area (Å²) in [5, 5.41) is 0. The Labute approximate surface area is 356 Å². The Morgan fingerprint density at radius 3 is 1.64 bits per heavy atom. The van der Waals surface area contributed by atoms with Crippen molar-refractivity contribution in [2.24, 2.45) is 0 Å². The molecule has 16 heteroatoms. The van der Waals surface area contributed by atoms with Crippen LogP contribution < -0.4 is 4.90 Å². The van der Waals surface area contributed by atoms with Crippen LogP contribution in [0, 0.1) is 0 Å². The van der Waals surface area contributed by atoms with E-state index < -0.39 is 30.4 Å². The van der Waals surface area contributed by atoms with E-state index in [4.69, 9.17) is 0 Å². The molecule has 1 aliphatic rings. The van der Waals surface area contributed by atoms with Crippen molar-refractivity contribution in [2.45, 2.75) is 47.7 Å². The maximum atomic E-state index is 12.5. The van der Waals surface area contributed by atoms with Gasteiger partial charge in [-0.1, -0.05) is 85.8 Å². The van der Waals surface area contributed by atoms with Crippen LogP contribution in [0.1, 0.15) is 36.1 Å². The standard InChI is InChI=1S/C37H38N2O9S3.2Na.2H/c1-3-38(25-27-9-7-11-33(23-27)49(40,41)42)31-19-15-29(16-20-31)37(35-13-5-6-14-36(35)51(46,47)48)30-17-21-32(22-18-30)39(4-2)26-28-10-8-12-34(24-28)50(43,44)45;;;;/h5-24,31H,3-4,25-26H2,1-2H3,(H,40,41,42)(H,43,44,45)(H,46,47,48);;;;. The first-order chi connectivity index (χ1) is 24.1. The summed E-state index contributed by atoms with van der Waals surface area (Å²) in [4.78, 5) is 3.49. The number of allylic oxidation sites excluding steroid dienone is 3. The summed E-state index contributed by atoms with van der Waals surface area (Å²) in [6.45, 7) is 5.87. The Hall–Kier alpha value is -2.41. The molecule has 0 amide bonds. The fourth-order valence-electron chi connectivity index (χ4n) is 6.03. The van der Waals surface area contributed by atoms with Crippen molar-refractivity contribution < 1.29 is 38.9 Å². The molecule has 272 valence electrons. The van der Waals surface area contributed by atoms with E-state index in [9.17, 15) is 38.9 Å². The van der Waals surface area contributed by atoms with Crippen LogP contribution in [0.4, 0.5) is 5.69 Å². The zero-order valence-electron chi connectivity index (χ0n) is 27.9. The third-order valence-corrected chi connectivity index (χ3v) is 11.2. The molecule has 0 spiro atoms. The van der Waals surface area contributed by atoms with Gasteiger partial charge in [-0.2, -0.15) is 25.3 Å². The maximum absolute atomic E-state index is 12.5. The van der Waals surface area contributed by atoms with Crippen molar-refractivity contribution in [3.05, 3.63) is 149 Å². The van der Waals surface area contributed by atoms with Gasteiger partial charge in [-0.15, -0.1) is 0 Å². The van der Waals surface area contributed by atoms with Crippen LogP contribution >= 0.6 is 0 Å². The zero-order valence-corrected chi connectivity index (χ0v) is 30.3. The Morgan fingerprint density at radius 2 is 1.15 bits per heavy atom. The summed E-state index contributed by atoms with van der Waals surface area (Å²) < 4.78 is 101. The van der Waals surface area contributed by atoms with Gasteiger partial charge in [0.15, 0.2) is 0 Å². The van der Waals surface area contributed by atoms with Gasteiger partial charge in [-0.05, 0) is 83.8 Å². The van der Waals surface area contributed by atoms with E-state index in [-0.39, 0.29) is 79.8 Å². The molecule has 0 heterocycles. The summed E-state index contributed by atoms with van der Waals surface area (Å²) in [6, 6.07) is 25.7. The summed E-state index contributed by atoms with van der Waals surface area (Å²) >= 11 is 0. The van der Waals surface area contributed by atoms with Crippen molar-refractivity contribution in [1.82, 2.24) is 4.90 Å². The zero-order chi connectivity index (χ0) is 37.0. The number of likely N-dealkylation sites (N-methyl/N-ethyl adjacent to an activating group) is 1. The first kappa shape index (κ1) is 45.0. The van der Waals surface area contributed by atoms with E-state index in [0.717, 1.165) is 5.69 Å². The molecule has 4 aromatic rings. The predicted octanol–water partition coefficient (Wildman–Crippen LogP) is 4.97. The normalized spacial score (nSPS) is 14.4. The van der Waals surface area contributed by atoms with Gasteiger partial charge in [0.2, 0.25) is 0 Å². The molecule has 53 heavy (non-hydrogen) atoms. The van der Waals surface area contributed by atoms with Crippen LogP contribution in [0.5, 0.6) is 0 Å². The summed E-state index contributed by atoms with van der Waals surface area (Å²) in [7, 11) is -13.3. The average molecular weight is 799 g/mol. The first-order valence-corrected chi connectivity index (χ1v) is 20.3. The molecule has 0 unspecified atom stereocenters. The van der Waals surface area contributed by atoms with Crippen molar-refractivity contribution in [2.75, 3.05) is 18.0 Å². The Morgan fingerprint density at radius 1 is 0.623 bits per heavy atom. The van der Waals surface area contributed by atoms with Crippen LogP contribution in [-0.2, 0) is 43.4 Å². The molecule has 0 aromatic heterocycles. The number of hydrogen-bond donors (Lipinski definition) is 3. The number of nitrogens with zero attached hydrogens (tertiary/aromatic N) is 2. The molecular weight excluding hydrogens is 759 g/mol.